The van der Waals surface area contributed by atoms with Crippen molar-refractivity contribution in [1.29, 1.82) is 0 Å². The Morgan fingerprint density at radius 2 is 1.86 bits per heavy atom. The van der Waals surface area contributed by atoms with Crippen LogP contribution in [0.3, 0.4) is 0 Å². The minimum Gasteiger partial charge on any atom is -0.396 e. The number of aliphatic hydroxyl groups excluding tert-OH is 1. The third-order valence-corrected chi connectivity index (χ3v) is 4.79. The molecule has 0 heterocycles. The predicted molar refractivity (Wildman–Crippen MR) is 55.9 cm³/mol. The summed E-state index contributed by atoms with van der Waals surface area (Å²) in [5.74, 6) is 5.44. The monoisotopic (exact) mass is 195 g/mol. The molecule has 0 aromatic heterocycles. The zero-order chi connectivity index (χ0) is 9.54. The fourth-order valence-corrected chi connectivity index (χ4v) is 4.25. The zero-order valence-corrected chi connectivity index (χ0v) is 8.78. The lowest BCUT2D eigenvalue weighted by atomic mass is 10.0. The molecule has 80 valence electrons. The Balaban J connectivity index is 1.41. The molecule has 0 saturated heterocycles. The number of aliphatic hydroxyl groups is 1. The van der Waals surface area contributed by atoms with Crippen molar-refractivity contribution in [3.63, 3.8) is 0 Å². The minimum absolute atomic E-state index is 0.329. The first-order chi connectivity index (χ1) is 6.92. The summed E-state index contributed by atoms with van der Waals surface area (Å²) >= 11 is 0. The lowest BCUT2D eigenvalue weighted by Crippen LogP contribution is -2.21. The third kappa shape index (κ3) is 1.31. The SMILES string of the molecule is OCCCNCC1C2C3CCC(C3)C12. The van der Waals surface area contributed by atoms with Gasteiger partial charge in [0.1, 0.15) is 0 Å². The molecule has 3 rings (SSSR count). The van der Waals surface area contributed by atoms with E-state index in [0.717, 1.165) is 42.6 Å². The summed E-state index contributed by atoms with van der Waals surface area (Å²) in [6, 6.07) is 0. The second kappa shape index (κ2) is 3.49. The van der Waals surface area contributed by atoms with Crippen LogP contribution in [0.4, 0.5) is 0 Å². The maximum Gasteiger partial charge on any atom is 0.0443 e. The Morgan fingerprint density at radius 1 is 1.14 bits per heavy atom. The molecule has 3 fully saturated rings. The first-order valence-electron chi connectivity index (χ1n) is 6.23. The molecule has 4 atom stereocenters. The van der Waals surface area contributed by atoms with Gasteiger partial charge in [0, 0.05) is 6.61 Å². The molecule has 2 heteroatoms. The van der Waals surface area contributed by atoms with Crippen molar-refractivity contribution in [2.45, 2.75) is 25.7 Å². The summed E-state index contributed by atoms with van der Waals surface area (Å²) in [5, 5.41) is 12.1. The minimum atomic E-state index is 0.329. The van der Waals surface area contributed by atoms with Crippen LogP contribution in [0.25, 0.3) is 0 Å². The van der Waals surface area contributed by atoms with Crippen LogP contribution in [0, 0.1) is 29.6 Å². The molecule has 2 nitrogen and oxygen atoms in total. The van der Waals surface area contributed by atoms with Gasteiger partial charge in [-0.25, -0.2) is 0 Å². The molecule has 4 unspecified atom stereocenters. The summed E-state index contributed by atoms with van der Waals surface area (Å²) in [6.07, 6.45) is 5.52. The lowest BCUT2D eigenvalue weighted by molar-refractivity contribution is 0.285. The quantitative estimate of drug-likeness (QED) is 0.647. The van der Waals surface area contributed by atoms with Crippen LogP contribution in [0.15, 0.2) is 0 Å². The third-order valence-electron chi connectivity index (χ3n) is 4.79. The average Bonchev–Trinajstić information content (AvgIpc) is 2.60. The summed E-state index contributed by atoms with van der Waals surface area (Å²) < 4.78 is 0. The normalized spacial score (nSPS) is 48.2. The maximum atomic E-state index is 8.66. The first-order valence-corrected chi connectivity index (χ1v) is 6.23. The summed E-state index contributed by atoms with van der Waals surface area (Å²) in [6.45, 7) is 2.56. The van der Waals surface area contributed by atoms with Crippen LogP contribution in [0.2, 0.25) is 0 Å². The van der Waals surface area contributed by atoms with Crippen molar-refractivity contribution in [3.8, 4) is 0 Å². The van der Waals surface area contributed by atoms with E-state index >= 15 is 0 Å². The standard InChI is InChI=1S/C12H21NO/c14-5-1-4-13-7-10-11-8-2-3-9(6-8)12(10)11/h8-14H,1-7H2. The van der Waals surface area contributed by atoms with E-state index in [0.29, 0.717) is 6.61 Å². The fraction of sp³-hybridized carbons (Fsp3) is 1.00. The molecule has 2 bridgehead atoms. The molecular weight excluding hydrogens is 174 g/mol. The van der Waals surface area contributed by atoms with Crippen LogP contribution in [-0.4, -0.2) is 24.8 Å². The Bertz CT molecular complexity index is 202. The van der Waals surface area contributed by atoms with E-state index in [1.807, 2.05) is 0 Å². The highest BCUT2D eigenvalue weighted by Gasteiger charge is 2.64. The van der Waals surface area contributed by atoms with Crippen LogP contribution in [0.5, 0.6) is 0 Å². The van der Waals surface area contributed by atoms with E-state index in [1.54, 1.807) is 6.42 Å². The van der Waals surface area contributed by atoms with Crippen molar-refractivity contribution in [1.82, 2.24) is 5.32 Å². The second-order valence-electron chi connectivity index (χ2n) is 5.43. The van der Waals surface area contributed by atoms with E-state index in [1.165, 1.54) is 19.4 Å². The molecule has 3 aliphatic rings. The van der Waals surface area contributed by atoms with Crippen molar-refractivity contribution in [2.24, 2.45) is 29.6 Å². The number of hydrogen-bond acceptors (Lipinski definition) is 2. The molecule has 0 spiro atoms. The van der Waals surface area contributed by atoms with Gasteiger partial charge in [-0.2, -0.15) is 0 Å². The molecular formula is C12H21NO. The van der Waals surface area contributed by atoms with Gasteiger partial charge in [-0.1, -0.05) is 0 Å². The predicted octanol–water partition coefficient (Wildman–Crippen LogP) is 1.25. The van der Waals surface area contributed by atoms with Gasteiger partial charge in [-0.15, -0.1) is 0 Å². The fourth-order valence-electron chi connectivity index (χ4n) is 4.25. The Hall–Kier alpha value is -0.0800. The van der Waals surface area contributed by atoms with E-state index in [2.05, 4.69) is 5.32 Å². The smallest absolute Gasteiger partial charge is 0.0443 e. The lowest BCUT2D eigenvalue weighted by Gasteiger charge is -2.08. The number of hydrogen-bond donors (Lipinski definition) is 2. The largest absolute Gasteiger partial charge is 0.396 e. The number of fused-ring (bicyclic) bond motifs is 5. The highest BCUT2D eigenvalue weighted by molar-refractivity contribution is 5.13. The molecule has 0 aromatic carbocycles. The van der Waals surface area contributed by atoms with Gasteiger partial charge in [0.25, 0.3) is 0 Å². The molecule has 3 aliphatic carbocycles. The Morgan fingerprint density at radius 3 is 2.50 bits per heavy atom. The molecule has 0 aliphatic heterocycles. The second-order valence-corrected chi connectivity index (χ2v) is 5.43. The topological polar surface area (TPSA) is 32.3 Å². The van der Waals surface area contributed by atoms with Gasteiger partial charge in [0.05, 0.1) is 0 Å². The summed E-state index contributed by atoms with van der Waals surface area (Å²) in [4.78, 5) is 0. The average molecular weight is 195 g/mol. The van der Waals surface area contributed by atoms with Crippen molar-refractivity contribution < 1.29 is 5.11 Å². The Kier molecular flexibility index (Phi) is 2.29. The van der Waals surface area contributed by atoms with Crippen molar-refractivity contribution in [3.05, 3.63) is 0 Å². The van der Waals surface area contributed by atoms with Gasteiger partial charge < -0.3 is 10.4 Å². The van der Waals surface area contributed by atoms with E-state index < -0.39 is 0 Å². The maximum absolute atomic E-state index is 8.66. The van der Waals surface area contributed by atoms with Gasteiger partial charge in [0.15, 0.2) is 0 Å². The summed E-state index contributed by atoms with van der Waals surface area (Å²) in [7, 11) is 0. The van der Waals surface area contributed by atoms with Crippen LogP contribution in [0.1, 0.15) is 25.7 Å². The summed E-state index contributed by atoms with van der Waals surface area (Å²) in [5.41, 5.74) is 0. The van der Waals surface area contributed by atoms with Gasteiger partial charge in [-0.05, 0) is 68.4 Å². The molecule has 0 aromatic rings. The molecule has 14 heavy (non-hydrogen) atoms. The van der Waals surface area contributed by atoms with Gasteiger partial charge in [0.2, 0.25) is 0 Å². The van der Waals surface area contributed by atoms with E-state index in [9.17, 15) is 0 Å². The van der Waals surface area contributed by atoms with E-state index in [4.69, 9.17) is 5.11 Å². The number of rotatable bonds is 5. The van der Waals surface area contributed by atoms with Crippen LogP contribution >= 0.6 is 0 Å². The van der Waals surface area contributed by atoms with E-state index in [-0.39, 0.29) is 0 Å². The molecule has 2 N–H and O–H groups in total. The van der Waals surface area contributed by atoms with Gasteiger partial charge >= 0.3 is 0 Å². The first kappa shape index (κ1) is 9.17. The van der Waals surface area contributed by atoms with Crippen molar-refractivity contribution in [2.75, 3.05) is 19.7 Å². The number of nitrogens with one attached hydrogen (secondary N) is 1. The molecule has 0 radical (unpaired) electrons. The van der Waals surface area contributed by atoms with Crippen molar-refractivity contribution >= 4 is 0 Å². The highest BCUT2D eigenvalue weighted by Crippen LogP contribution is 2.69. The van der Waals surface area contributed by atoms with Crippen LogP contribution < -0.4 is 5.32 Å². The molecule has 0 amide bonds. The molecule has 3 saturated carbocycles. The zero-order valence-electron chi connectivity index (χ0n) is 8.78. The van der Waals surface area contributed by atoms with Gasteiger partial charge in [-0.3, -0.25) is 0 Å². The van der Waals surface area contributed by atoms with Crippen LogP contribution in [-0.2, 0) is 0 Å². The Labute approximate surface area is 86.1 Å². The highest BCUT2D eigenvalue weighted by atomic mass is 16.3.